The summed E-state index contributed by atoms with van der Waals surface area (Å²) >= 11 is 0. The van der Waals surface area contributed by atoms with Gasteiger partial charge in [-0.1, -0.05) is 0 Å². The maximum absolute atomic E-state index is 12.4. The second-order valence-electron chi connectivity index (χ2n) is 5.77. The predicted octanol–water partition coefficient (Wildman–Crippen LogP) is 2.05. The van der Waals surface area contributed by atoms with E-state index in [1.165, 1.54) is 0 Å². The Morgan fingerprint density at radius 3 is 2.58 bits per heavy atom. The molecule has 0 saturated carbocycles. The minimum Gasteiger partial charge on any atom is -0.478 e. The van der Waals surface area contributed by atoms with Crippen molar-refractivity contribution in [1.29, 1.82) is 0 Å². The number of hydrogen-bond donors (Lipinski definition) is 0. The number of piperazine rings is 1. The molecule has 2 aromatic rings. The lowest BCUT2D eigenvalue weighted by Gasteiger charge is -2.34. The Bertz CT molecular complexity index is 720. The van der Waals surface area contributed by atoms with Gasteiger partial charge in [0, 0.05) is 37.9 Å². The molecule has 0 N–H and O–H groups in total. The van der Waals surface area contributed by atoms with Crippen LogP contribution >= 0.6 is 0 Å². The molecular weight excluding hydrogens is 308 g/mol. The summed E-state index contributed by atoms with van der Waals surface area (Å²) in [7, 11) is 0. The number of amides is 1. The van der Waals surface area contributed by atoms with Crippen LogP contribution < -0.4 is 9.64 Å². The minimum atomic E-state index is -0.0667. The first-order valence-corrected chi connectivity index (χ1v) is 8.16. The lowest BCUT2D eigenvalue weighted by atomic mass is 10.3. The van der Waals surface area contributed by atoms with E-state index in [0.29, 0.717) is 50.4 Å². The molecule has 0 radical (unpaired) electrons. The number of aryl methyl sites for hydroxylation is 2. The van der Waals surface area contributed by atoms with E-state index in [0.717, 1.165) is 11.5 Å². The van der Waals surface area contributed by atoms with E-state index in [9.17, 15) is 4.79 Å². The Morgan fingerprint density at radius 2 is 1.96 bits per heavy atom. The summed E-state index contributed by atoms with van der Waals surface area (Å²) in [6.45, 7) is 8.84. The van der Waals surface area contributed by atoms with E-state index < -0.39 is 0 Å². The molecule has 7 nitrogen and oxygen atoms in total. The molecule has 1 aliphatic rings. The lowest BCUT2D eigenvalue weighted by Crippen LogP contribution is -2.49. The Balaban J connectivity index is 1.65. The summed E-state index contributed by atoms with van der Waals surface area (Å²) in [4.78, 5) is 25.2. The standard InChI is InChI=1S/C17H22N4O3/c1-4-23-15-11-12(2)18-17(19-15)21-9-7-20(8-10-21)16(22)14-6-5-13(3)24-14/h5-6,11H,4,7-10H2,1-3H3. The molecule has 1 aliphatic heterocycles. The van der Waals surface area contributed by atoms with Crippen LogP contribution in [0.1, 0.15) is 28.9 Å². The maximum Gasteiger partial charge on any atom is 0.289 e. The number of rotatable bonds is 4. The van der Waals surface area contributed by atoms with Crippen LogP contribution in [0.4, 0.5) is 5.95 Å². The zero-order valence-corrected chi connectivity index (χ0v) is 14.3. The van der Waals surface area contributed by atoms with Gasteiger partial charge in [0.05, 0.1) is 6.61 Å². The van der Waals surface area contributed by atoms with Gasteiger partial charge in [0.15, 0.2) is 5.76 Å². The first-order chi connectivity index (χ1) is 11.6. The van der Waals surface area contributed by atoms with Crippen molar-refractivity contribution in [1.82, 2.24) is 14.9 Å². The summed E-state index contributed by atoms with van der Waals surface area (Å²) in [6, 6.07) is 5.35. The molecule has 0 spiro atoms. The van der Waals surface area contributed by atoms with Gasteiger partial charge in [0.25, 0.3) is 5.91 Å². The summed E-state index contributed by atoms with van der Waals surface area (Å²) in [5.74, 6) is 2.31. The molecule has 3 heterocycles. The second-order valence-corrected chi connectivity index (χ2v) is 5.77. The molecule has 0 atom stereocenters. The fourth-order valence-corrected chi connectivity index (χ4v) is 2.70. The van der Waals surface area contributed by atoms with E-state index in [-0.39, 0.29) is 5.91 Å². The van der Waals surface area contributed by atoms with Crippen LogP contribution in [0.15, 0.2) is 22.6 Å². The monoisotopic (exact) mass is 330 g/mol. The minimum absolute atomic E-state index is 0.0667. The van der Waals surface area contributed by atoms with Crippen LogP contribution in [0, 0.1) is 13.8 Å². The van der Waals surface area contributed by atoms with Crippen molar-refractivity contribution < 1.29 is 13.9 Å². The Morgan fingerprint density at radius 1 is 1.21 bits per heavy atom. The highest BCUT2D eigenvalue weighted by Gasteiger charge is 2.25. The zero-order chi connectivity index (χ0) is 17.1. The van der Waals surface area contributed by atoms with Crippen LogP contribution in [0.2, 0.25) is 0 Å². The average Bonchev–Trinajstić information content (AvgIpc) is 3.00. The van der Waals surface area contributed by atoms with Crippen LogP contribution in [0.3, 0.4) is 0 Å². The number of ether oxygens (including phenoxy) is 1. The molecule has 1 fully saturated rings. The molecule has 3 rings (SSSR count). The fraction of sp³-hybridized carbons (Fsp3) is 0.471. The molecular formula is C17H22N4O3. The van der Waals surface area contributed by atoms with Gasteiger partial charge in [-0.05, 0) is 32.9 Å². The number of anilines is 1. The van der Waals surface area contributed by atoms with Gasteiger partial charge in [-0.3, -0.25) is 4.79 Å². The largest absolute Gasteiger partial charge is 0.478 e. The van der Waals surface area contributed by atoms with Crippen LogP contribution in [0.25, 0.3) is 0 Å². The molecule has 0 bridgehead atoms. The molecule has 1 amide bonds. The van der Waals surface area contributed by atoms with Gasteiger partial charge < -0.3 is 19.0 Å². The van der Waals surface area contributed by atoms with E-state index >= 15 is 0 Å². The van der Waals surface area contributed by atoms with Gasteiger partial charge in [-0.25, -0.2) is 4.98 Å². The third-order valence-electron chi connectivity index (χ3n) is 3.91. The fourth-order valence-electron chi connectivity index (χ4n) is 2.70. The Hall–Kier alpha value is -2.57. The summed E-state index contributed by atoms with van der Waals surface area (Å²) in [5, 5.41) is 0. The number of aromatic nitrogens is 2. The summed E-state index contributed by atoms with van der Waals surface area (Å²) in [6.07, 6.45) is 0. The van der Waals surface area contributed by atoms with Gasteiger partial charge >= 0.3 is 0 Å². The van der Waals surface area contributed by atoms with E-state index in [2.05, 4.69) is 14.9 Å². The van der Waals surface area contributed by atoms with Crippen molar-refractivity contribution in [2.24, 2.45) is 0 Å². The lowest BCUT2D eigenvalue weighted by molar-refractivity contribution is 0.0712. The van der Waals surface area contributed by atoms with Gasteiger partial charge in [-0.2, -0.15) is 4.98 Å². The smallest absolute Gasteiger partial charge is 0.289 e. The number of nitrogens with zero attached hydrogens (tertiary/aromatic N) is 4. The number of furan rings is 1. The first kappa shape index (κ1) is 16.3. The van der Waals surface area contributed by atoms with E-state index in [4.69, 9.17) is 9.15 Å². The first-order valence-electron chi connectivity index (χ1n) is 8.16. The highest BCUT2D eigenvalue weighted by Crippen LogP contribution is 2.18. The third-order valence-corrected chi connectivity index (χ3v) is 3.91. The molecule has 24 heavy (non-hydrogen) atoms. The molecule has 0 aliphatic carbocycles. The molecule has 128 valence electrons. The molecule has 0 unspecified atom stereocenters. The van der Waals surface area contributed by atoms with Crippen LogP contribution in [-0.4, -0.2) is 53.6 Å². The van der Waals surface area contributed by atoms with Crippen molar-refractivity contribution in [2.75, 3.05) is 37.7 Å². The third kappa shape index (κ3) is 3.50. The highest BCUT2D eigenvalue weighted by molar-refractivity contribution is 5.91. The van der Waals surface area contributed by atoms with Crippen molar-refractivity contribution in [2.45, 2.75) is 20.8 Å². The van der Waals surface area contributed by atoms with Crippen molar-refractivity contribution >= 4 is 11.9 Å². The van der Waals surface area contributed by atoms with Crippen LogP contribution in [0.5, 0.6) is 5.88 Å². The molecule has 1 saturated heterocycles. The number of carbonyl (C=O) groups excluding carboxylic acids is 1. The normalized spacial score (nSPS) is 14.8. The second kappa shape index (κ2) is 6.90. The van der Waals surface area contributed by atoms with Crippen molar-refractivity contribution in [3.05, 3.63) is 35.4 Å². The van der Waals surface area contributed by atoms with E-state index in [1.807, 2.05) is 26.8 Å². The quantitative estimate of drug-likeness (QED) is 0.854. The summed E-state index contributed by atoms with van der Waals surface area (Å²) < 4.78 is 10.9. The van der Waals surface area contributed by atoms with Crippen LogP contribution in [-0.2, 0) is 0 Å². The topological polar surface area (TPSA) is 71.7 Å². The summed E-state index contributed by atoms with van der Waals surface area (Å²) in [5.41, 5.74) is 0.869. The van der Waals surface area contributed by atoms with E-state index in [1.54, 1.807) is 17.0 Å². The number of hydrogen-bond acceptors (Lipinski definition) is 6. The molecule has 7 heteroatoms. The molecule has 0 aromatic carbocycles. The van der Waals surface area contributed by atoms with Crippen molar-refractivity contribution in [3.8, 4) is 5.88 Å². The SMILES string of the molecule is CCOc1cc(C)nc(N2CCN(C(=O)c3ccc(C)o3)CC2)n1. The molecule has 2 aromatic heterocycles. The highest BCUT2D eigenvalue weighted by atomic mass is 16.5. The van der Waals surface area contributed by atoms with Gasteiger partial charge in [0.2, 0.25) is 11.8 Å². The van der Waals surface area contributed by atoms with Crippen molar-refractivity contribution in [3.63, 3.8) is 0 Å². The number of carbonyl (C=O) groups is 1. The van der Waals surface area contributed by atoms with Gasteiger partial charge in [-0.15, -0.1) is 0 Å². The maximum atomic E-state index is 12.4. The predicted molar refractivity (Wildman–Crippen MR) is 89.5 cm³/mol. The van der Waals surface area contributed by atoms with Gasteiger partial charge in [0.1, 0.15) is 5.76 Å². The average molecular weight is 330 g/mol. The zero-order valence-electron chi connectivity index (χ0n) is 14.3. The Labute approximate surface area is 141 Å². The Kier molecular flexibility index (Phi) is 4.69.